The van der Waals surface area contributed by atoms with E-state index in [0.29, 0.717) is 25.0 Å². The summed E-state index contributed by atoms with van der Waals surface area (Å²) in [6, 6.07) is 0. The molecule has 1 rings (SSSR count). The topological polar surface area (TPSA) is 69.9 Å². The molecule has 26 heavy (non-hydrogen) atoms. The van der Waals surface area contributed by atoms with Crippen LogP contribution >= 0.6 is 0 Å². The van der Waals surface area contributed by atoms with Gasteiger partial charge in [0.15, 0.2) is 0 Å². The van der Waals surface area contributed by atoms with Gasteiger partial charge in [0.2, 0.25) is 0 Å². The number of aliphatic hydroxyl groups excluding tert-OH is 3. The summed E-state index contributed by atoms with van der Waals surface area (Å²) in [7, 11) is 0. The lowest BCUT2D eigenvalue weighted by molar-refractivity contribution is 0.0398. The van der Waals surface area contributed by atoms with Gasteiger partial charge in [-0.25, -0.2) is 0 Å². The minimum absolute atomic E-state index is 0.142. The second kappa shape index (κ2) is 15.2. The van der Waals surface area contributed by atoms with Crippen LogP contribution in [-0.4, -0.2) is 40.7 Å². The number of hydrogen-bond donors (Lipinski definition) is 3. The predicted octanol–water partition coefficient (Wildman–Crippen LogP) is 4.91. The van der Waals surface area contributed by atoms with E-state index in [9.17, 15) is 5.11 Å². The van der Waals surface area contributed by atoms with Crippen LogP contribution in [0.2, 0.25) is 0 Å². The van der Waals surface area contributed by atoms with Gasteiger partial charge in [-0.3, -0.25) is 0 Å². The van der Waals surface area contributed by atoms with Gasteiger partial charge in [0.05, 0.1) is 18.5 Å². The number of hydrogen-bond acceptors (Lipinski definition) is 4. The summed E-state index contributed by atoms with van der Waals surface area (Å²) in [4.78, 5) is 0. The monoisotopic (exact) mass is 368 g/mol. The molecule has 1 aliphatic rings. The molecule has 1 aliphatic carbocycles. The van der Waals surface area contributed by atoms with Crippen LogP contribution in [0.15, 0.2) is 24.5 Å². The molecule has 1 saturated carbocycles. The van der Waals surface area contributed by atoms with E-state index in [0.717, 1.165) is 70.5 Å². The molecule has 0 saturated heterocycles. The van der Waals surface area contributed by atoms with Gasteiger partial charge in [-0.2, -0.15) is 0 Å². The highest BCUT2D eigenvalue weighted by Gasteiger charge is 2.40. The van der Waals surface area contributed by atoms with E-state index in [2.05, 4.69) is 12.2 Å². The van der Waals surface area contributed by atoms with Gasteiger partial charge in [0, 0.05) is 25.6 Å². The average molecular weight is 369 g/mol. The maximum absolute atomic E-state index is 10.5. The molecular weight excluding hydrogens is 328 g/mol. The minimum atomic E-state index is -0.261. The van der Waals surface area contributed by atoms with E-state index in [4.69, 9.17) is 14.9 Å². The lowest BCUT2D eigenvalue weighted by Crippen LogP contribution is -2.22. The Morgan fingerprint density at radius 3 is 2.35 bits per heavy atom. The second-order valence-electron chi connectivity index (χ2n) is 7.42. The van der Waals surface area contributed by atoms with Crippen LogP contribution in [0.25, 0.3) is 0 Å². The zero-order valence-electron chi connectivity index (χ0n) is 16.6. The van der Waals surface area contributed by atoms with Crippen LogP contribution in [0.1, 0.15) is 77.6 Å². The normalized spacial score (nSPS) is 26.4. The molecular formula is C22H40O4. The number of rotatable bonds is 15. The lowest BCUT2D eigenvalue weighted by atomic mass is 9.88. The number of allylic oxidation sites excluding steroid dienone is 2. The minimum Gasteiger partial charge on any atom is -0.516 e. The van der Waals surface area contributed by atoms with E-state index >= 15 is 0 Å². The van der Waals surface area contributed by atoms with Crippen LogP contribution in [-0.2, 0) is 4.74 Å². The largest absolute Gasteiger partial charge is 0.516 e. The predicted molar refractivity (Wildman–Crippen MR) is 107 cm³/mol. The molecule has 0 aliphatic heterocycles. The van der Waals surface area contributed by atoms with E-state index < -0.39 is 0 Å². The molecule has 4 atom stereocenters. The third-order valence-electron chi connectivity index (χ3n) is 5.42. The van der Waals surface area contributed by atoms with E-state index in [1.165, 1.54) is 6.42 Å². The number of unbranched alkanes of at least 4 members (excludes halogenated alkanes) is 7. The van der Waals surface area contributed by atoms with Crippen molar-refractivity contribution in [3.63, 3.8) is 0 Å². The molecule has 1 unspecified atom stereocenters. The summed E-state index contributed by atoms with van der Waals surface area (Å²) < 4.78 is 5.91. The molecule has 152 valence electrons. The van der Waals surface area contributed by atoms with Crippen molar-refractivity contribution in [3.8, 4) is 0 Å². The quantitative estimate of drug-likeness (QED) is 0.218. The van der Waals surface area contributed by atoms with Crippen LogP contribution in [0.5, 0.6) is 0 Å². The van der Waals surface area contributed by atoms with Crippen molar-refractivity contribution < 1.29 is 20.1 Å². The standard InChI is InChI=1S/C22H40O4/c1-2-26-22-18-21(25)19(14-10-7-5-9-13-17-24)20(22)15-11-6-3-4-8-12-16-23/h11,13,15,17,19-25H,2-10,12,14,16,18H2,1H3/b15-11+,17-13?/t19?,20-,21+,22-/m0/s1. The van der Waals surface area contributed by atoms with E-state index in [-0.39, 0.29) is 12.2 Å². The Morgan fingerprint density at radius 1 is 0.962 bits per heavy atom. The Morgan fingerprint density at radius 2 is 1.65 bits per heavy atom. The van der Waals surface area contributed by atoms with Gasteiger partial charge in [-0.05, 0) is 51.4 Å². The molecule has 4 heteroatoms. The van der Waals surface area contributed by atoms with Crippen molar-refractivity contribution in [1.29, 1.82) is 0 Å². The van der Waals surface area contributed by atoms with Crippen LogP contribution in [0.3, 0.4) is 0 Å². The van der Waals surface area contributed by atoms with Crippen molar-refractivity contribution in [2.24, 2.45) is 11.8 Å². The number of aliphatic hydroxyl groups is 3. The molecule has 0 bridgehead atoms. The third-order valence-corrected chi connectivity index (χ3v) is 5.42. The molecule has 3 N–H and O–H groups in total. The summed E-state index contributed by atoms with van der Waals surface area (Å²) in [6.45, 7) is 3.02. The SMILES string of the molecule is CCO[C@H]1C[C@@H](O)C(CCCCCC=CO)[C@@H]1/C=C/CCCCCCO. The van der Waals surface area contributed by atoms with Gasteiger partial charge in [0.1, 0.15) is 0 Å². The van der Waals surface area contributed by atoms with Gasteiger partial charge in [0.25, 0.3) is 0 Å². The molecule has 0 heterocycles. The highest BCUT2D eigenvalue weighted by Crippen LogP contribution is 2.39. The zero-order chi connectivity index (χ0) is 19.0. The van der Waals surface area contributed by atoms with Gasteiger partial charge < -0.3 is 20.1 Å². The highest BCUT2D eigenvalue weighted by atomic mass is 16.5. The zero-order valence-corrected chi connectivity index (χ0v) is 16.6. The Balaban J connectivity index is 2.42. The second-order valence-corrected chi connectivity index (χ2v) is 7.42. The fraction of sp³-hybridized carbons (Fsp3) is 0.818. The van der Waals surface area contributed by atoms with Crippen LogP contribution in [0.4, 0.5) is 0 Å². The molecule has 0 radical (unpaired) electrons. The van der Waals surface area contributed by atoms with E-state index in [1.54, 1.807) is 6.08 Å². The lowest BCUT2D eigenvalue weighted by Gasteiger charge is -2.22. The van der Waals surface area contributed by atoms with Gasteiger partial charge in [-0.1, -0.05) is 43.9 Å². The number of ether oxygens (including phenoxy) is 1. The van der Waals surface area contributed by atoms with Crippen LogP contribution in [0, 0.1) is 11.8 Å². The summed E-state index contributed by atoms with van der Waals surface area (Å²) in [5.41, 5.74) is 0. The molecule has 0 aromatic rings. The molecule has 1 fully saturated rings. The van der Waals surface area contributed by atoms with E-state index in [1.807, 2.05) is 6.92 Å². The summed E-state index contributed by atoms with van der Waals surface area (Å²) in [6.07, 6.45) is 18.8. The summed E-state index contributed by atoms with van der Waals surface area (Å²) in [5, 5.41) is 28.0. The fourth-order valence-corrected chi connectivity index (χ4v) is 4.02. The molecule has 4 nitrogen and oxygen atoms in total. The first-order chi connectivity index (χ1) is 12.7. The van der Waals surface area contributed by atoms with Crippen molar-refractivity contribution in [2.45, 2.75) is 89.8 Å². The fourth-order valence-electron chi connectivity index (χ4n) is 4.02. The average Bonchev–Trinajstić information content (AvgIpc) is 2.92. The first-order valence-electron chi connectivity index (χ1n) is 10.6. The Labute approximate surface area is 160 Å². The van der Waals surface area contributed by atoms with Gasteiger partial charge >= 0.3 is 0 Å². The molecule has 0 aromatic heterocycles. The first-order valence-corrected chi connectivity index (χ1v) is 10.6. The van der Waals surface area contributed by atoms with Crippen molar-refractivity contribution >= 4 is 0 Å². The summed E-state index contributed by atoms with van der Waals surface area (Å²) in [5.74, 6) is 0.616. The molecule has 0 amide bonds. The van der Waals surface area contributed by atoms with Gasteiger partial charge in [-0.15, -0.1) is 0 Å². The van der Waals surface area contributed by atoms with Crippen molar-refractivity contribution in [2.75, 3.05) is 13.2 Å². The highest BCUT2D eigenvalue weighted by molar-refractivity contribution is 5.03. The van der Waals surface area contributed by atoms with Crippen LogP contribution < -0.4 is 0 Å². The first kappa shape index (κ1) is 23.2. The van der Waals surface area contributed by atoms with Crippen molar-refractivity contribution in [1.82, 2.24) is 0 Å². The Hall–Kier alpha value is -0.840. The Bertz CT molecular complexity index is 380. The Kier molecular flexibility index (Phi) is 13.6. The third kappa shape index (κ3) is 9.20. The van der Waals surface area contributed by atoms with Crippen molar-refractivity contribution in [3.05, 3.63) is 24.5 Å². The summed E-state index contributed by atoms with van der Waals surface area (Å²) >= 11 is 0. The smallest absolute Gasteiger partial charge is 0.0751 e. The maximum atomic E-state index is 10.5. The maximum Gasteiger partial charge on any atom is 0.0751 e. The molecule has 0 aromatic carbocycles. The molecule has 0 spiro atoms.